The van der Waals surface area contributed by atoms with Gasteiger partial charge < -0.3 is 10.4 Å². The third kappa shape index (κ3) is 0.884. The molecule has 1 aliphatic heterocycles. The molecule has 1 aromatic rings. The summed E-state index contributed by atoms with van der Waals surface area (Å²) in [6.07, 6.45) is 0. The molecule has 1 fully saturated rings. The summed E-state index contributed by atoms with van der Waals surface area (Å²) in [6, 6.07) is 3.59. The summed E-state index contributed by atoms with van der Waals surface area (Å²) in [5.74, 6) is -0.291. The Hall–Kier alpha value is -0.870. The van der Waals surface area contributed by atoms with Gasteiger partial charge in [0.25, 0.3) is 5.91 Å². The van der Waals surface area contributed by atoms with Crippen LogP contribution in [0.5, 0.6) is 0 Å². The van der Waals surface area contributed by atoms with E-state index in [1.807, 2.05) is 17.5 Å². The molecule has 2 heterocycles. The topological polar surface area (TPSA) is 49.3 Å². The molecule has 0 unspecified atom stereocenters. The largest absolute Gasteiger partial charge is 0.378 e. The van der Waals surface area contributed by atoms with Crippen LogP contribution in [0.25, 0.3) is 0 Å². The number of β-lactam (4-membered cyclic amide) rings is 1. The van der Waals surface area contributed by atoms with E-state index in [0.29, 0.717) is 0 Å². The van der Waals surface area contributed by atoms with Gasteiger partial charge in [-0.15, -0.1) is 11.3 Å². The average molecular weight is 183 g/mol. The molecule has 0 aliphatic carbocycles. The number of nitrogens with one attached hydrogen (secondary N) is 1. The maximum atomic E-state index is 10.9. The number of hydrogen-bond donors (Lipinski definition) is 2. The van der Waals surface area contributed by atoms with Gasteiger partial charge in [-0.1, -0.05) is 6.07 Å². The van der Waals surface area contributed by atoms with Gasteiger partial charge in [-0.3, -0.25) is 4.79 Å². The van der Waals surface area contributed by atoms with Gasteiger partial charge in [0, 0.05) is 4.88 Å². The molecule has 64 valence electrons. The molecule has 0 aromatic carbocycles. The predicted molar refractivity (Wildman–Crippen MR) is 45.8 cm³/mol. The van der Waals surface area contributed by atoms with Crippen LogP contribution >= 0.6 is 11.3 Å². The van der Waals surface area contributed by atoms with E-state index in [1.165, 1.54) is 18.3 Å². The van der Waals surface area contributed by atoms with Crippen molar-refractivity contribution in [2.45, 2.75) is 18.6 Å². The van der Waals surface area contributed by atoms with E-state index in [4.69, 9.17) is 0 Å². The van der Waals surface area contributed by atoms with Crippen LogP contribution in [0.4, 0.5) is 0 Å². The molecule has 0 bridgehead atoms. The number of thiophene rings is 1. The van der Waals surface area contributed by atoms with E-state index in [-0.39, 0.29) is 11.9 Å². The highest BCUT2D eigenvalue weighted by Gasteiger charge is 2.51. The molecule has 1 aromatic heterocycles. The van der Waals surface area contributed by atoms with Gasteiger partial charge in [-0.25, -0.2) is 0 Å². The van der Waals surface area contributed by atoms with Gasteiger partial charge in [0.1, 0.15) is 6.04 Å². The van der Waals surface area contributed by atoms with Crippen molar-refractivity contribution in [1.29, 1.82) is 0 Å². The molecule has 12 heavy (non-hydrogen) atoms. The summed E-state index contributed by atoms with van der Waals surface area (Å²) in [6.45, 7) is 1.54. The smallest absolute Gasteiger partial charge is 0.254 e. The first-order chi connectivity index (χ1) is 5.62. The lowest BCUT2D eigenvalue weighted by atomic mass is 9.86. The Kier molecular flexibility index (Phi) is 1.49. The minimum atomic E-state index is -1.22. The molecule has 3 nitrogen and oxygen atoms in total. The van der Waals surface area contributed by atoms with Crippen molar-refractivity contribution in [3.63, 3.8) is 0 Å². The van der Waals surface area contributed by atoms with Crippen LogP contribution in [0.3, 0.4) is 0 Å². The molecule has 1 saturated heterocycles. The first-order valence-electron chi connectivity index (χ1n) is 3.69. The SMILES string of the molecule is C[C@]1(O)C(=O)N[C@H]1c1cccs1. The Bertz CT molecular complexity index is 305. The number of amides is 1. The lowest BCUT2D eigenvalue weighted by molar-refractivity contribution is -0.158. The number of hydrogen-bond acceptors (Lipinski definition) is 3. The third-order valence-corrected chi connectivity index (χ3v) is 3.06. The Labute approximate surface area is 74.0 Å². The summed E-state index contributed by atoms with van der Waals surface area (Å²) in [7, 11) is 0. The number of carbonyl (C=O) groups excluding carboxylic acids is 1. The average Bonchev–Trinajstić information content (AvgIpc) is 2.51. The molecule has 1 amide bonds. The van der Waals surface area contributed by atoms with E-state index in [9.17, 15) is 9.90 Å². The Morgan fingerprint density at radius 3 is 2.92 bits per heavy atom. The first-order valence-corrected chi connectivity index (χ1v) is 4.57. The second-order valence-corrected chi connectivity index (χ2v) is 4.05. The highest BCUT2D eigenvalue weighted by atomic mass is 32.1. The minimum absolute atomic E-state index is 0.218. The fraction of sp³-hybridized carbons (Fsp3) is 0.375. The van der Waals surface area contributed by atoms with Gasteiger partial charge in [0.15, 0.2) is 5.60 Å². The van der Waals surface area contributed by atoms with Gasteiger partial charge in [0.2, 0.25) is 0 Å². The van der Waals surface area contributed by atoms with Crippen molar-refractivity contribution in [3.8, 4) is 0 Å². The van der Waals surface area contributed by atoms with Crippen molar-refractivity contribution < 1.29 is 9.90 Å². The highest BCUT2D eigenvalue weighted by molar-refractivity contribution is 7.10. The second kappa shape index (κ2) is 2.31. The zero-order valence-corrected chi connectivity index (χ0v) is 7.39. The zero-order chi connectivity index (χ0) is 8.77. The molecule has 0 radical (unpaired) electrons. The maximum absolute atomic E-state index is 10.9. The summed E-state index contributed by atoms with van der Waals surface area (Å²) in [5.41, 5.74) is -1.22. The number of carbonyl (C=O) groups is 1. The maximum Gasteiger partial charge on any atom is 0.254 e. The standard InChI is InChI=1S/C8H9NO2S/c1-8(11)6(9-7(8)10)5-3-2-4-12-5/h2-4,6,11H,1H3,(H,9,10)/t6-,8+/m0/s1. The molecule has 2 N–H and O–H groups in total. The molecule has 4 heteroatoms. The van der Waals surface area contributed by atoms with Crippen LogP contribution in [0.2, 0.25) is 0 Å². The van der Waals surface area contributed by atoms with Gasteiger partial charge in [-0.2, -0.15) is 0 Å². The molecule has 1 aliphatic rings. The van der Waals surface area contributed by atoms with Crippen molar-refractivity contribution in [1.82, 2.24) is 5.32 Å². The van der Waals surface area contributed by atoms with E-state index in [2.05, 4.69) is 5.32 Å². The summed E-state index contributed by atoms with van der Waals surface area (Å²) in [4.78, 5) is 11.9. The van der Waals surface area contributed by atoms with Crippen LogP contribution in [0, 0.1) is 0 Å². The normalized spacial score (nSPS) is 34.2. The fourth-order valence-corrected chi connectivity index (χ4v) is 2.17. The van der Waals surface area contributed by atoms with Crippen molar-refractivity contribution in [3.05, 3.63) is 22.4 Å². The van der Waals surface area contributed by atoms with Crippen molar-refractivity contribution >= 4 is 17.2 Å². The fourth-order valence-electron chi connectivity index (χ4n) is 1.27. The van der Waals surface area contributed by atoms with Gasteiger partial charge in [-0.05, 0) is 18.4 Å². The first kappa shape index (κ1) is 7.76. The third-order valence-electron chi connectivity index (χ3n) is 2.12. The van der Waals surface area contributed by atoms with Crippen LogP contribution in [-0.4, -0.2) is 16.6 Å². The lowest BCUT2D eigenvalue weighted by Gasteiger charge is -2.41. The number of rotatable bonds is 1. The van der Waals surface area contributed by atoms with Crippen LogP contribution in [0.1, 0.15) is 17.8 Å². The van der Waals surface area contributed by atoms with Crippen molar-refractivity contribution in [2.75, 3.05) is 0 Å². The Balaban J connectivity index is 2.25. The van der Waals surface area contributed by atoms with E-state index in [0.717, 1.165) is 4.88 Å². The lowest BCUT2D eigenvalue weighted by Crippen LogP contribution is -2.64. The van der Waals surface area contributed by atoms with Gasteiger partial charge in [0.05, 0.1) is 0 Å². The highest BCUT2D eigenvalue weighted by Crippen LogP contribution is 2.35. The zero-order valence-electron chi connectivity index (χ0n) is 6.57. The molecular formula is C8H9NO2S. The molecule has 2 atom stereocenters. The summed E-state index contributed by atoms with van der Waals surface area (Å²) < 4.78 is 0. The van der Waals surface area contributed by atoms with Crippen LogP contribution in [0.15, 0.2) is 17.5 Å². The molecular weight excluding hydrogens is 174 g/mol. The minimum Gasteiger partial charge on any atom is -0.378 e. The quantitative estimate of drug-likeness (QED) is 0.629. The molecule has 0 saturated carbocycles. The molecule has 0 spiro atoms. The Morgan fingerprint density at radius 1 is 1.75 bits per heavy atom. The van der Waals surface area contributed by atoms with Crippen LogP contribution < -0.4 is 5.32 Å². The molecule has 2 rings (SSSR count). The van der Waals surface area contributed by atoms with E-state index >= 15 is 0 Å². The van der Waals surface area contributed by atoms with Gasteiger partial charge >= 0.3 is 0 Å². The van der Waals surface area contributed by atoms with Crippen LogP contribution in [-0.2, 0) is 4.79 Å². The number of aliphatic hydroxyl groups is 1. The van der Waals surface area contributed by atoms with Crippen molar-refractivity contribution in [2.24, 2.45) is 0 Å². The van der Waals surface area contributed by atoms with E-state index < -0.39 is 5.60 Å². The summed E-state index contributed by atoms with van der Waals surface area (Å²) in [5, 5.41) is 14.2. The van der Waals surface area contributed by atoms with E-state index in [1.54, 1.807) is 0 Å². The predicted octanol–water partition coefficient (Wildman–Crippen LogP) is 0.670. The monoisotopic (exact) mass is 183 g/mol. The Morgan fingerprint density at radius 2 is 2.50 bits per heavy atom. The summed E-state index contributed by atoms with van der Waals surface area (Å²) >= 11 is 1.54. The second-order valence-electron chi connectivity index (χ2n) is 3.07.